The van der Waals surface area contributed by atoms with Crippen molar-refractivity contribution < 1.29 is 9.53 Å². The molecule has 2 saturated carbocycles. The number of Topliss-reactive ketones (excluding diaryl/α,β-unsaturated/α-hetero) is 1. The van der Waals surface area contributed by atoms with E-state index in [9.17, 15) is 4.79 Å². The number of rotatable bonds is 1. The molecule has 3 aliphatic carbocycles. The second-order valence-electron chi connectivity index (χ2n) is 7.96. The van der Waals surface area contributed by atoms with Crippen LogP contribution in [0, 0.1) is 23.2 Å². The Balaban J connectivity index is 1.72. The van der Waals surface area contributed by atoms with Gasteiger partial charge in [0, 0.05) is 11.8 Å². The second-order valence-corrected chi connectivity index (χ2v) is 7.96. The van der Waals surface area contributed by atoms with Gasteiger partial charge in [-0.05, 0) is 72.6 Å². The average molecular weight is 298 g/mol. The van der Waals surface area contributed by atoms with Crippen molar-refractivity contribution in [2.24, 2.45) is 23.2 Å². The van der Waals surface area contributed by atoms with Crippen LogP contribution in [0.25, 0.3) is 0 Å². The zero-order valence-electron chi connectivity index (χ0n) is 13.9. The van der Waals surface area contributed by atoms with Gasteiger partial charge in [0.05, 0.1) is 7.11 Å². The van der Waals surface area contributed by atoms with Crippen molar-refractivity contribution in [3.05, 3.63) is 29.3 Å². The highest BCUT2D eigenvalue weighted by atomic mass is 16.5. The molecule has 0 aromatic heterocycles. The van der Waals surface area contributed by atoms with Gasteiger partial charge in [0.2, 0.25) is 0 Å². The predicted molar refractivity (Wildman–Crippen MR) is 87.2 cm³/mol. The van der Waals surface area contributed by atoms with Crippen molar-refractivity contribution in [2.45, 2.75) is 51.9 Å². The summed E-state index contributed by atoms with van der Waals surface area (Å²) in [5, 5.41) is 0. The van der Waals surface area contributed by atoms with Gasteiger partial charge >= 0.3 is 0 Å². The maximum absolute atomic E-state index is 12.5. The zero-order valence-corrected chi connectivity index (χ0v) is 13.9. The highest BCUT2D eigenvalue weighted by Gasteiger charge is 2.57. The minimum Gasteiger partial charge on any atom is -0.497 e. The summed E-state index contributed by atoms with van der Waals surface area (Å²) >= 11 is 0. The Hall–Kier alpha value is -1.31. The van der Waals surface area contributed by atoms with E-state index < -0.39 is 0 Å². The molecule has 3 unspecified atom stereocenters. The van der Waals surface area contributed by atoms with E-state index in [0.29, 0.717) is 29.5 Å². The Bertz CT molecular complexity index is 620. The van der Waals surface area contributed by atoms with Gasteiger partial charge in [0.1, 0.15) is 11.5 Å². The Labute approximate surface area is 133 Å². The molecular weight excluding hydrogens is 272 g/mol. The fraction of sp³-hybridized carbons (Fsp3) is 0.650. The van der Waals surface area contributed by atoms with Crippen molar-refractivity contribution >= 4 is 5.78 Å². The van der Waals surface area contributed by atoms with Crippen molar-refractivity contribution in [3.8, 4) is 5.75 Å². The van der Waals surface area contributed by atoms with Gasteiger partial charge in [-0.3, -0.25) is 4.79 Å². The van der Waals surface area contributed by atoms with Gasteiger partial charge in [-0.15, -0.1) is 0 Å². The van der Waals surface area contributed by atoms with Crippen molar-refractivity contribution in [1.82, 2.24) is 0 Å². The molecule has 0 bridgehead atoms. The molecule has 0 aliphatic heterocycles. The van der Waals surface area contributed by atoms with E-state index in [-0.39, 0.29) is 5.41 Å². The Morgan fingerprint density at radius 3 is 2.86 bits per heavy atom. The van der Waals surface area contributed by atoms with Gasteiger partial charge < -0.3 is 4.74 Å². The van der Waals surface area contributed by atoms with E-state index in [1.807, 2.05) is 0 Å². The number of carbonyl (C=O) groups excluding carboxylic acids is 1. The number of carbonyl (C=O) groups is 1. The van der Waals surface area contributed by atoms with E-state index in [0.717, 1.165) is 25.0 Å². The van der Waals surface area contributed by atoms with E-state index in [1.165, 1.54) is 24.0 Å². The summed E-state index contributed by atoms with van der Waals surface area (Å²) in [5.41, 5.74) is 2.97. The van der Waals surface area contributed by atoms with Gasteiger partial charge in [-0.25, -0.2) is 0 Å². The lowest BCUT2D eigenvalue weighted by molar-refractivity contribution is -0.129. The monoisotopic (exact) mass is 298 g/mol. The molecule has 1 aromatic carbocycles. The Morgan fingerprint density at radius 2 is 2.09 bits per heavy atom. The summed E-state index contributed by atoms with van der Waals surface area (Å²) in [6.07, 6.45) is 5.44. The molecule has 0 saturated heterocycles. The normalized spacial score (nSPS) is 39.9. The SMILES string of the molecule is COc1ccc2c(c1)CCC1C2CC[C@]2(C)C(=O)C[C@H](C)C12. The number of hydrogen-bond donors (Lipinski definition) is 0. The lowest BCUT2D eigenvalue weighted by Gasteiger charge is -2.49. The highest BCUT2D eigenvalue weighted by molar-refractivity contribution is 5.87. The molecule has 0 N–H and O–H groups in total. The van der Waals surface area contributed by atoms with E-state index in [4.69, 9.17) is 4.74 Å². The molecule has 3 aliphatic rings. The van der Waals surface area contributed by atoms with Crippen molar-refractivity contribution in [2.75, 3.05) is 7.11 Å². The Kier molecular flexibility index (Phi) is 3.15. The molecule has 0 radical (unpaired) electrons. The molecule has 0 amide bonds. The first-order valence-electron chi connectivity index (χ1n) is 8.74. The smallest absolute Gasteiger partial charge is 0.139 e. The van der Waals surface area contributed by atoms with Crippen LogP contribution in [0.15, 0.2) is 18.2 Å². The van der Waals surface area contributed by atoms with Crippen LogP contribution in [0.5, 0.6) is 5.75 Å². The molecule has 4 rings (SSSR count). The van der Waals surface area contributed by atoms with Crippen LogP contribution in [0.1, 0.15) is 56.6 Å². The lowest BCUT2D eigenvalue weighted by atomic mass is 9.54. The van der Waals surface area contributed by atoms with Crippen molar-refractivity contribution in [1.29, 1.82) is 0 Å². The van der Waals surface area contributed by atoms with Gasteiger partial charge in [-0.1, -0.05) is 19.9 Å². The van der Waals surface area contributed by atoms with E-state index >= 15 is 0 Å². The zero-order chi connectivity index (χ0) is 15.5. The molecule has 118 valence electrons. The van der Waals surface area contributed by atoms with Crippen LogP contribution in [0.2, 0.25) is 0 Å². The van der Waals surface area contributed by atoms with Gasteiger partial charge in [-0.2, -0.15) is 0 Å². The molecule has 2 heteroatoms. The quantitative estimate of drug-likeness (QED) is 0.769. The minimum absolute atomic E-state index is 0.0371. The number of benzene rings is 1. The maximum Gasteiger partial charge on any atom is 0.139 e. The predicted octanol–water partition coefficient (Wildman–Crippen LogP) is 4.37. The number of aryl methyl sites for hydroxylation is 1. The maximum atomic E-state index is 12.5. The topological polar surface area (TPSA) is 26.3 Å². The van der Waals surface area contributed by atoms with E-state index in [1.54, 1.807) is 7.11 Å². The van der Waals surface area contributed by atoms with Crippen LogP contribution < -0.4 is 4.74 Å². The van der Waals surface area contributed by atoms with Crippen LogP contribution >= 0.6 is 0 Å². The second kappa shape index (κ2) is 4.84. The number of hydrogen-bond acceptors (Lipinski definition) is 2. The fourth-order valence-corrected chi connectivity index (χ4v) is 5.96. The van der Waals surface area contributed by atoms with Crippen LogP contribution in [-0.2, 0) is 11.2 Å². The van der Waals surface area contributed by atoms with Crippen LogP contribution in [0.3, 0.4) is 0 Å². The molecule has 2 nitrogen and oxygen atoms in total. The summed E-state index contributed by atoms with van der Waals surface area (Å²) in [5.74, 6) is 4.01. The number of ketones is 1. The number of methoxy groups -OCH3 is 1. The van der Waals surface area contributed by atoms with Crippen LogP contribution in [-0.4, -0.2) is 12.9 Å². The number of fused-ring (bicyclic) bond motifs is 5. The first-order valence-corrected chi connectivity index (χ1v) is 8.74. The van der Waals surface area contributed by atoms with Gasteiger partial charge in [0.25, 0.3) is 0 Å². The highest BCUT2D eigenvalue weighted by Crippen LogP contribution is 2.61. The first kappa shape index (κ1) is 14.3. The van der Waals surface area contributed by atoms with Gasteiger partial charge in [0.15, 0.2) is 0 Å². The summed E-state index contributed by atoms with van der Waals surface area (Å²) < 4.78 is 5.39. The molecule has 0 spiro atoms. The summed E-state index contributed by atoms with van der Waals surface area (Å²) in [4.78, 5) is 12.5. The summed E-state index contributed by atoms with van der Waals surface area (Å²) in [7, 11) is 1.74. The van der Waals surface area contributed by atoms with E-state index in [2.05, 4.69) is 32.0 Å². The molecule has 2 fully saturated rings. The Morgan fingerprint density at radius 1 is 1.27 bits per heavy atom. The largest absolute Gasteiger partial charge is 0.497 e. The third-order valence-corrected chi connectivity index (χ3v) is 6.94. The standard InChI is InChI=1S/C20H26O2/c1-12-10-18(21)20(2)9-8-16-15-7-5-14(22-3)11-13(15)4-6-17(16)19(12)20/h5,7,11-12,16-17,19H,4,6,8-10H2,1-3H3/t12-,16?,17?,19?,20+/m0/s1. The molecule has 22 heavy (non-hydrogen) atoms. The lowest BCUT2D eigenvalue weighted by Crippen LogP contribution is -2.43. The first-order chi connectivity index (χ1) is 10.5. The third kappa shape index (κ3) is 1.82. The van der Waals surface area contributed by atoms with Crippen LogP contribution in [0.4, 0.5) is 0 Å². The molecule has 5 atom stereocenters. The molecule has 1 aromatic rings. The summed E-state index contributed by atoms with van der Waals surface area (Å²) in [6, 6.07) is 6.62. The third-order valence-electron chi connectivity index (χ3n) is 6.94. The average Bonchev–Trinajstić information content (AvgIpc) is 2.76. The molecule has 0 heterocycles. The fourth-order valence-electron chi connectivity index (χ4n) is 5.96. The summed E-state index contributed by atoms with van der Waals surface area (Å²) in [6.45, 7) is 4.56. The van der Waals surface area contributed by atoms with Crippen molar-refractivity contribution in [3.63, 3.8) is 0 Å². The number of ether oxygens (including phenoxy) is 1. The minimum atomic E-state index is -0.0371. The molecular formula is C20H26O2.